The fourth-order valence-corrected chi connectivity index (χ4v) is 5.55. The number of carboxylic acids is 2. The van der Waals surface area contributed by atoms with E-state index in [2.05, 4.69) is 44.9 Å². The summed E-state index contributed by atoms with van der Waals surface area (Å²) in [5.74, 6) is -2.42. The Labute approximate surface area is 349 Å². The van der Waals surface area contributed by atoms with E-state index in [1.165, 1.54) is 12.1 Å². The van der Waals surface area contributed by atoms with Gasteiger partial charge >= 0.3 is 19.5 Å². The molecule has 2 N–H and O–H groups in total. The fourth-order valence-electron chi connectivity index (χ4n) is 5.20. The molecular formula is C44H40Cl2N4O5Zn. The summed E-state index contributed by atoms with van der Waals surface area (Å²) < 4.78 is 4.83. The number of anilines is 4. The number of rotatable bonds is 8. The molecule has 0 saturated carbocycles. The van der Waals surface area contributed by atoms with E-state index in [-0.39, 0.29) is 30.6 Å². The van der Waals surface area contributed by atoms with Crippen molar-refractivity contribution >= 4 is 79.7 Å². The number of carbonyl (C=O) groups is 2. The molecule has 2 heterocycles. The largest absolute Gasteiger partial charge is 2.00 e. The minimum absolute atomic E-state index is 0. The second kappa shape index (κ2) is 22.9. The summed E-state index contributed by atoms with van der Waals surface area (Å²) in [6, 6.07) is 36.2. The molecule has 0 radical (unpaired) electrons. The molecule has 5 aromatic carbocycles. The molecule has 0 amide bonds. The number of benzene rings is 5. The molecule has 2 aromatic heterocycles. The Balaban J connectivity index is 0.000000212. The van der Waals surface area contributed by atoms with Crippen molar-refractivity contribution < 1.29 is 44.0 Å². The van der Waals surface area contributed by atoms with Gasteiger partial charge in [0.25, 0.3) is 0 Å². The van der Waals surface area contributed by atoms with Crippen molar-refractivity contribution in [3.05, 3.63) is 166 Å². The van der Waals surface area contributed by atoms with Crippen molar-refractivity contribution in [1.82, 2.24) is 9.97 Å². The van der Waals surface area contributed by atoms with Gasteiger partial charge < -0.3 is 35.2 Å². The quantitative estimate of drug-likeness (QED) is 0.113. The van der Waals surface area contributed by atoms with E-state index >= 15 is 0 Å². The first-order chi connectivity index (χ1) is 26.5. The van der Waals surface area contributed by atoms with Crippen LogP contribution in [-0.4, -0.2) is 35.1 Å². The normalized spacial score (nSPS) is 9.96. The summed E-state index contributed by atoms with van der Waals surface area (Å²) >= 11 is 12.0. The van der Waals surface area contributed by atoms with Crippen molar-refractivity contribution in [1.29, 1.82) is 0 Å². The molecule has 0 aliphatic carbocycles. The van der Waals surface area contributed by atoms with Gasteiger partial charge in [0.05, 0.1) is 23.0 Å². The molecule has 9 nitrogen and oxygen atoms in total. The van der Waals surface area contributed by atoms with Gasteiger partial charge in [0.15, 0.2) is 0 Å². The Kier molecular flexibility index (Phi) is 18.4. The van der Waals surface area contributed by atoms with Crippen molar-refractivity contribution in [2.75, 3.05) is 23.8 Å². The summed E-state index contributed by atoms with van der Waals surface area (Å²) in [5.41, 5.74) is 6.46. The Morgan fingerprint density at radius 1 is 0.554 bits per heavy atom. The molecule has 56 heavy (non-hydrogen) atoms. The number of halogens is 2. The first-order valence-corrected chi connectivity index (χ1v) is 18.1. The number of aromatic nitrogens is 2. The smallest absolute Gasteiger partial charge is 0.545 e. The number of hydrogen-bond acceptors (Lipinski definition) is 9. The molecule has 0 spiro atoms. The molecular weight excluding hydrogens is 801 g/mol. The third kappa shape index (κ3) is 12.6. The molecule has 0 aliphatic rings. The number of hydrogen-bond donors (Lipinski definition) is 2. The van der Waals surface area contributed by atoms with Gasteiger partial charge in [-0.3, -0.25) is 9.97 Å². The van der Waals surface area contributed by atoms with Crippen molar-refractivity contribution in [2.45, 2.75) is 27.7 Å². The molecule has 0 saturated heterocycles. The van der Waals surface area contributed by atoms with Crippen molar-refractivity contribution in [2.24, 2.45) is 0 Å². The Morgan fingerprint density at radius 3 is 1.29 bits per heavy atom. The number of ether oxygens (including phenoxy) is 1. The average Bonchev–Trinajstić information content (AvgIpc) is 3.20. The molecule has 7 rings (SSSR count). The summed E-state index contributed by atoms with van der Waals surface area (Å²) in [6.45, 7) is 9.40. The van der Waals surface area contributed by atoms with E-state index in [1.807, 2.05) is 52.0 Å². The Bertz CT molecular complexity index is 2210. The zero-order chi connectivity index (χ0) is 39.7. The average molecular weight is 841 g/mol. The topological polar surface area (TPSA) is 139 Å². The van der Waals surface area contributed by atoms with E-state index in [0.717, 1.165) is 57.5 Å². The van der Waals surface area contributed by atoms with Crippen molar-refractivity contribution in [3.63, 3.8) is 0 Å². The van der Waals surface area contributed by atoms with Gasteiger partial charge in [-0.1, -0.05) is 96.0 Å². The van der Waals surface area contributed by atoms with Gasteiger partial charge in [0.2, 0.25) is 0 Å². The molecule has 0 unspecified atom stereocenters. The van der Waals surface area contributed by atoms with Gasteiger partial charge in [0, 0.05) is 80.3 Å². The third-order valence-corrected chi connectivity index (χ3v) is 8.94. The molecule has 0 fully saturated rings. The number of nitrogens with one attached hydrogen (secondary N) is 2. The molecule has 12 heteroatoms. The molecule has 0 bridgehead atoms. The maximum Gasteiger partial charge on any atom is 2.00 e. The predicted molar refractivity (Wildman–Crippen MR) is 220 cm³/mol. The van der Waals surface area contributed by atoms with E-state index in [1.54, 1.807) is 73.1 Å². The minimum Gasteiger partial charge on any atom is -0.545 e. The number of fused-ring (bicyclic) bond motifs is 3. The van der Waals surface area contributed by atoms with Crippen LogP contribution in [0.25, 0.3) is 21.8 Å². The Hall–Kier alpha value is -5.38. The second-order valence-electron chi connectivity index (χ2n) is 11.7. The number of pyridine rings is 2. The number of carbonyl (C=O) groups excluding carboxylic acids is 2. The summed E-state index contributed by atoms with van der Waals surface area (Å²) in [6.07, 6.45) is 3.60. The van der Waals surface area contributed by atoms with Crippen LogP contribution in [-0.2, 0) is 24.2 Å². The number of para-hydroxylation sites is 2. The van der Waals surface area contributed by atoms with Crippen LogP contribution in [0.5, 0.6) is 0 Å². The molecule has 0 atom stereocenters. The van der Waals surface area contributed by atoms with Crippen molar-refractivity contribution in [3.8, 4) is 0 Å². The van der Waals surface area contributed by atoms with Crippen LogP contribution in [0.15, 0.2) is 134 Å². The van der Waals surface area contributed by atoms with Gasteiger partial charge in [-0.2, -0.15) is 0 Å². The number of nitrogens with zero attached hydrogens (tertiary/aromatic N) is 2. The van der Waals surface area contributed by atoms with Crippen LogP contribution in [0.4, 0.5) is 22.7 Å². The monoisotopic (exact) mass is 838 g/mol. The minimum atomic E-state index is -1.21. The number of carboxylic acid groups (broad SMARTS) is 2. The molecule has 7 aromatic rings. The standard InChI is InChI=1S/2C14H12ClNO2.C12H8N2.C4H10O.Zn/c2*1-9-11(15)6-4-8-12(9)16-13-7-3-2-5-10(13)14(17)18;1-3-9-5-6-10-4-2-8-14-12(10)11(9)13-7-1;1-3-5-4-2;/h2*2-8,16H,1H3,(H,17,18);1-8H;3-4H2,1-2H3;/q;;;;+2/p-2. The summed E-state index contributed by atoms with van der Waals surface area (Å²) in [7, 11) is 0. The Morgan fingerprint density at radius 2 is 0.929 bits per heavy atom. The van der Waals surface area contributed by atoms with Crippen LogP contribution < -0.4 is 20.8 Å². The predicted octanol–water partition coefficient (Wildman–Crippen LogP) is 9.33. The van der Waals surface area contributed by atoms with E-state index in [0.29, 0.717) is 21.4 Å². The van der Waals surface area contributed by atoms with Gasteiger partial charge in [-0.25, -0.2) is 0 Å². The summed E-state index contributed by atoms with van der Waals surface area (Å²) in [5, 5.41) is 31.6. The van der Waals surface area contributed by atoms with E-state index < -0.39 is 11.9 Å². The van der Waals surface area contributed by atoms with Gasteiger partial charge in [0.1, 0.15) is 0 Å². The van der Waals surface area contributed by atoms with Gasteiger partial charge in [-0.05, 0) is 87.4 Å². The van der Waals surface area contributed by atoms with E-state index in [9.17, 15) is 19.8 Å². The molecule has 282 valence electrons. The number of aromatic carboxylic acids is 2. The van der Waals surface area contributed by atoms with Crippen LogP contribution in [0.2, 0.25) is 10.0 Å². The maximum absolute atomic E-state index is 11.0. The van der Waals surface area contributed by atoms with Crippen LogP contribution in [0, 0.1) is 13.8 Å². The molecule has 0 aliphatic heterocycles. The van der Waals surface area contributed by atoms with Crippen LogP contribution in [0.1, 0.15) is 45.7 Å². The summed E-state index contributed by atoms with van der Waals surface area (Å²) in [4.78, 5) is 30.7. The zero-order valence-corrected chi connectivity index (χ0v) is 36.0. The third-order valence-electron chi connectivity index (χ3n) is 8.12. The van der Waals surface area contributed by atoms with Crippen LogP contribution in [0.3, 0.4) is 0 Å². The maximum atomic E-state index is 11.0. The fraction of sp³-hybridized carbons (Fsp3) is 0.136. The van der Waals surface area contributed by atoms with Crippen LogP contribution >= 0.6 is 23.2 Å². The second-order valence-corrected chi connectivity index (χ2v) is 12.6. The first kappa shape index (κ1) is 45.0. The van der Waals surface area contributed by atoms with Gasteiger partial charge in [-0.15, -0.1) is 0 Å². The zero-order valence-electron chi connectivity index (χ0n) is 31.5. The van der Waals surface area contributed by atoms with E-state index in [4.69, 9.17) is 27.9 Å². The SMILES string of the molecule is CCOCC.Cc1c(Cl)cccc1Nc1ccccc1C(=O)[O-].Cc1c(Cl)cccc1Nc1ccccc1C(=O)[O-].[Zn+2].c1cnc2c(c1)ccc1cccnc12. The first-order valence-electron chi connectivity index (χ1n) is 17.4.